The summed E-state index contributed by atoms with van der Waals surface area (Å²) in [6.45, 7) is 8.66. The number of fused-ring (bicyclic) bond motifs is 1. The molecule has 0 amide bonds. The SMILES string of the molecule is CCc1c(CCNCCCCCCNCc2ccc3c(c2CC)OCO3)ccc(OC)c1OC.Cl. The number of hydrogen-bond donors (Lipinski definition) is 2. The molecule has 0 aromatic heterocycles. The molecule has 0 unspecified atom stereocenters. The van der Waals surface area contributed by atoms with Crippen LogP contribution in [0, 0.1) is 0 Å². The van der Waals surface area contributed by atoms with E-state index in [0.29, 0.717) is 6.79 Å². The van der Waals surface area contributed by atoms with Crippen LogP contribution in [-0.2, 0) is 25.8 Å². The van der Waals surface area contributed by atoms with Gasteiger partial charge in [-0.1, -0.05) is 38.8 Å². The minimum Gasteiger partial charge on any atom is -0.493 e. The molecule has 0 fully saturated rings. The fraction of sp³-hybridized carbons (Fsp3) is 0.571. The molecule has 0 saturated carbocycles. The van der Waals surface area contributed by atoms with Crippen LogP contribution in [0.2, 0.25) is 0 Å². The van der Waals surface area contributed by atoms with Crippen molar-refractivity contribution in [2.45, 2.75) is 65.3 Å². The van der Waals surface area contributed by atoms with Crippen molar-refractivity contribution in [3.63, 3.8) is 0 Å². The van der Waals surface area contributed by atoms with Gasteiger partial charge in [-0.05, 0) is 75.0 Å². The molecule has 1 heterocycles. The lowest BCUT2D eigenvalue weighted by Gasteiger charge is -2.16. The van der Waals surface area contributed by atoms with Gasteiger partial charge in [0.1, 0.15) is 0 Å². The summed E-state index contributed by atoms with van der Waals surface area (Å²) in [4.78, 5) is 0. The first-order valence-electron chi connectivity index (χ1n) is 12.8. The normalized spacial score (nSPS) is 11.9. The van der Waals surface area contributed by atoms with Crippen LogP contribution in [0.15, 0.2) is 24.3 Å². The minimum atomic E-state index is 0. The van der Waals surface area contributed by atoms with E-state index in [4.69, 9.17) is 18.9 Å². The molecule has 1 aliphatic heterocycles. The van der Waals surface area contributed by atoms with Gasteiger partial charge >= 0.3 is 0 Å². The first kappa shape index (κ1) is 29.1. The van der Waals surface area contributed by atoms with Crippen LogP contribution in [0.1, 0.15) is 61.8 Å². The first-order valence-corrected chi connectivity index (χ1v) is 12.8. The van der Waals surface area contributed by atoms with E-state index >= 15 is 0 Å². The quantitative estimate of drug-likeness (QED) is 0.295. The van der Waals surface area contributed by atoms with E-state index in [1.807, 2.05) is 12.1 Å². The fourth-order valence-electron chi connectivity index (χ4n) is 4.70. The van der Waals surface area contributed by atoms with Crippen molar-refractivity contribution in [2.75, 3.05) is 40.6 Å². The van der Waals surface area contributed by atoms with Crippen molar-refractivity contribution in [3.05, 3.63) is 46.5 Å². The highest BCUT2D eigenvalue weighted by atomic mass is 35.5. The van der Waals surface area contributed by atoms with Gasteiger partial charge in [0.15, 0.2) is 23.0 Å². The molecule has 6 nitrogen and oxygen atoms in total. The van der Waals surface area contributed by atoms with Crippen molar-refractivity contribution in [2.24, 2.45) is 0 Å². The predicted octanol–water partition coefficient (Wildman–Crippen LogP) is 5.46. The number of benzene rings is 2. The molecular formula is C28H43ClN2O4. The Morgan fingerprint density at radius 1 is 0.771 bits per heavy atom. The highest BCUT2D eigenvalue weighted by Crippen LogP contribution is 2.38. The van der Waals surface area contributed by atoms with E-state index in [2.05, 4.69) is 36.6 Å². The third-order valence-electron chi connectivity index (χ3n) is 6.54. The van der Waals surface area contributed by atoms with Crippen LogP contribution in [0.3, 0.4) is 0 Å². The van der Waals surface area contributed by atoms with E-state index in [1.54, 1.807) is 14.2 Å². The average molecular weight is 507 g/mol. The summed E-state index contributed by atoms with van der Waals surface area (Å²) in [6, 6.07) is 8.37. The second-order valence-corrected chi connectivity index (χ2v) is 8.67. The van der Waals surface area contributed by atoms with Gasteiger partial charge in [0.25, 0.3) is 0 Å². The molecule has 0 aliphatic carbocycles. The molecule has 196 valence electrons. The maximum Gasteiger partial charge on any atom is 0.231 e. The molecule has 0 saturated heterocycles. The van der Waals surface area contributed by atoms with E-state index in [0.717, 1.165) is 68.4 Å². The third kappa shape index (κ3) is 7.92. The molecule has 0 radical (unpaired) electrons. The first-order chi connectivity index (χ1) is 16.7. The van der Waals surface area contributed by atoms with Crippen molar-refractivity contribution >= 4 is 12.4 Å². The predicted molar refractivity (Wildman–Crippen MR) is 145 cm³/mol. The number of ether oxygens (including phenoxy) is 4. The van der Waals surface area contributed by atoms with Gasteiger partial charge in [0, 0.05) is 17.7 Å². The van der Waals surface area contributed by atoms with E-state index in [-0.39, 0.29) is 12.4 Å². The van der Waals surface area contributed by atoms with E-state index in [9.17, 15) is 0 Å². The standard InChI is InChI=1S/C28H42N2O4.ClH/c1-5-23-21(11-13-25(31-3)27(23)32-4)15-18-29-16-9-7-8-10-17-30-19-22-12-14-26-28(24(22)6-2)34-20-33-26;/h11-14,29-30H,5-10,15-20H2,1-4H3;1H. The van der Waals surface area contributed by atoms with Crippen LogP contribution < -0.4 is 29.6 Å². The highest BCUT2D eigenvalue weighted by molar-refractivity contribution is 5.85. The highest BCUT2D eigenvalue weighted by Gasteiger charge is 2.19. The van der Waals surface area contributed by atoms with Gasteiger partial charge in [-0.3, -0.25) is 0 Å². The molecule has 3 rings (SSSR count). The molecule has 7 heteroatoms. The summed E-state index contributed by atoms with van der Waals surface area (Å²) in [5, 5.41) is 7.19. The number of hydrogen-bond acceptors (Lipinski definition) is 6. The molecule has 0 spiro atoms. The summed E-state index contributed by atoms with van der Waals surface area (Å²) in [5.74, 6) is 3.50. The molecule has 0 atom stereocenters. The van der Waals surface area contributed by atoms with Crippen molar-refractivity contribution in [3.8, 4) is 23.0 Å². The number of nitrogens with one attached hydrogen (secondary N) is 2. The summed E-state index contributed by atoms with van der Waals surface area (Å²) in [6.07, 6.45) is 7.85. The Kier molecular flexibility index (Phi) is 13.1. The zero-order valence-corrected chi connectivity index (χ0v) is 22.7. The van der Waals surface area contributed by atoms with Gasteiger partial charge in [0.2, 0.25) is 6.79 Å². The van der Waals surface area contributed by atoms with Gasteiger partial charge in [-0.25, -0.2) is 0 Å². The molecule has 35 heavy (non-hydrogen) atoms. The summed E-state index contributed by atoms with van der Waals surface area (Å²) >= 11 is 0. The lowest BCUT2D eigenvalue weighted by molar-refractivity contribution is 0.173. The molecular weight excluding hydrogens is 464 g/mol. The number of rotatable bonds is 16. The fourth-order valence-corrected chi connectivity index (χ4v) is 4.70. The number of halogens is 1. The Hall–Kier alpha value is -2.15. The van der Waals surface area contributed by atoms with Crippen LogP contribution in [0.5, 0.6) is 23.0 Å². The van der Waals surface area contributed by atoms with E-state index < -0.39 is 0 Å². The van der Waals surface area contributed by atoms with Crippen LogP contribution >= 0.6 is 12.4 Å². The number of unbranched alkanes of at least 4 members (excludes halogenated alkanes) is 3. The molecule has 2 aromatic rings. The average Bonchev–Trinajstić information content (AvgIpc) is 3.35. The maximum atomic E-state index is 5.65. The summed E-state index contributed by atoms with van der Waals surface area (Å²) in [7, 11) is 3.41. The van der Waals surface area contributed by atoms with Gasteiger partial charge in [-0.15, -0.1) is 12.4 Å². The summed E-state index contributed by atoms with van der Waals surface area (Å²) < 4.78 is 22.2. The molecule has 2 aromatic carbocycles. The monoisotopic (exact) mass is 506 g/mol. The molecule has 1 aliphatic rings. The Labute approximate surface area is 217 Å². The van der Waals surface area contributed by atoms with E-state index in [1.165, 1.54) is 47.9 Å². The second-order valence-electron chi connectivity index (χ2n) is 8.67. The zero-order valence-electron chi connectivity index (χ0n) is 21.8. The third-order valence-corrected chi connectivity index (χ3v) is 6.54. The zero-order chi connectivity index (χ0) is 24.2. The Morgan fingerprint density at radius 3 is 2.17 bits per heavy atom. The minimum absolute atomic E-state index is 0. The topological polar surface area (TPSA) is 61.0 Å². The van der Waals surface area contributed by atoms with Crippen LogP contribution in [0.4, 0.5) is 0 Å². The molecule has 2 N–H and O–H groups in total. The molecule has 0 bridgehead atoms. The largest absolute Gasteiger partial charge is 0.493 e. The maximum absolute atomic E-state index is 5.65. The Morgan fingerprint density at radius 2 is 1.49 bits per heavy atom. The Bertz CT molecular complexity index is 907. The second kappa shape index (κ2) is 15.8. The van der Waals surface area contributed by atoms with Gasteiger partial charge < -0.3 is 29.6 Å². The lowest BCUT2D eigenvalue weighted by Crippen LogP contribution is -2.19. The van der Waals surface area contributed by atoms with Crippen LogP contribution in [-0.4, -0.2) is 40.6 Å². The van der Waals surface area contributed by atoms with Crippen LogP contribution in [0.25, 0.3) is 0 Å². The van der Waals surface area contributed by atoms with Crippen molar-refractivity contribution in [1.82, 2.24) is 10.6 Å². The smallest absolute Gasteiger partial charge is 0.231 e. The summed E-state index contributed by atoms with van der Waals surface area (Å²) in [5.41, 5.74) is 5.18. The number of methoxy groups -OCH3 is 2. The van der Waals surface area contributed by atoms with Crippen molar-refractivity contribution in [1.29, 1.82) is 0 Å². The van der Waals surface area contributed by atoms with Gasteiger partial charge in [0.05, 0.1) is 14.2 Å². The van der Waals surface area contributed by atoms with Gasteiger partial charge in [-0.2, -0.15) is 0 Å². The Balaban J connectivity index is 0.00000432. The van der Waals surface area contributed by atoms with Crippen molar-refractivity contribution < 1.29 is 18.9 Å². The lowest BCUT2D eigenvalue weighted by atomic mass is 10.0.